The van der Waals surface area contributed by atoms with Crippen molar-refractivity contribution in [1.29, 1.82) is 0 Å². The number of methoxy groups -OCH3 is 2. The van der Waals surface area contributed by atoms with Gasteiger partial charge in [0.1, 0.15) is 11.6 Å². The molecule has 3 nitrogen and oxygen atoms in total. The van der Waals surface area contributed by atoms with E-state index in [1.807, 2.05) is 13.8 Å². The average Bonchev–Trinajstić information content (AvgIpc) is 2.38. The fourth-order valence-corrected chi connectivity index (χ4v) is 1.67. The second-order valence-corrected chi connectivity index (χ2v) is 3.58. The van der Waals surface area contributed by atoms with Crippen LogP contribution in [0.2, 0.25) is 0 Å². The van der Waals surface area contributed by atoms with E-state index in [2.05, 4.69) is 4.74 Å². The maximum Gasteiger partial charge on any atom is 0.310 e. The predicted octanol–water partition coefficient (Wildman–Crippen LogP) is 3.19. The summed E-state index contributed by atoms with van der Waals surface area (Å²) in [6, 6.07) is 1.61. The van der Waals surface area contributed by atoms with Crippen molar-refractivity contribution < 1.29 is 18.7 Å². The minimum atomic E-state index is -0.372. The van der Waals surface area contributed by atoms with Crippen LogP contribution in [0.3, 0.4) is 0 Å². The quantitative estimate of drug-likeness (QED) is 0.779. The lowest BCUT2D eigenvalue weighted by molar-refractivity contribution is -0.139. The molecule has 18 heavy (non-hydrogen) atoms. The monoisotopic (exact) mass is 256 g/mol. The highest BCUT2D eigenvalue weighted by molar-refractivity contribution is 5.74. The second kappa shape index (κ2) is 7.69. The topological polar surface area (TPSA) is 35.5 Å². The summed E-state index contributed by atoms with van der Waals surface area (Å²) in [5.74, 6) is -0.261. The van der Waals surface area contributed by atoms with E-state index < -0.39 is 0 Å². The molecule has 0 aromatic heterocycles. The van der Waals surface area contributed by atoms with Crippen LogP contribution in [0.4, 0.5) is 4.39 Å². The summed E-state index contributed by atoms with van der Waals surface area (Å²) in [6.07, 6.45) is 0.0850. The van der Waals surface area contributed by atoms with E-state index in [1.165, 1.54) is 14.2 Å². The first-order chi connectivity index (χ1) is 8.51. The van der Waals surface area contributed by atoms with Gasteiger partial charge >= 0.3 is 5.97 Å². The van der Waals surface area contributed by atoms with Gasteiger partial charge in [0.2, 0.25) is 0 Å². The number of carbonyl (C=O) groups excluding carboxylic acids is 1. The van der Waals surface area contributed by atoms with Gasteiger partial charge in [-0.1, -0.05) is 13.8 Å². The summed E-state index contributed by atoms with van der Waals surface area (Å²) in [4.78, 5) is 11.2. The Morgan fingerprint density at radius 1 is 1.28 bits per heavy atom. The molecule has 1 rings (SSSR count). The van der Waals surface area contributed by atoms with Crippen LogP contribution in [0, 0.1) is 19.7 Å². The third-order valence-corrected chi connectivity index (χ3v) is 2.47. The highest BCUT2D eigenvalue weighted by Gasteiger charge is 2.16. The van der Waals surface area contributed by atoms with Gasteiger partial charge in [0.05, 0.1) is 20.6 Å². The molecule has 102 valence electrons. The number of rotatable bonds is 3. The Kier molecular flexibility index (Phi) is 7.01. The first-order valence-corrected chi connectivity index (χ1v) is 5.90. The zero-order valence-electron chi connectivity index (χ0n) is 11.9. The molecule has 1 aromatic carbocycles. The van der Waals surface area contributed by atoms with Crippen LogP contribution in [0.25, 0.3) is 0 Å². The molecule has 0 unspecified atom stereocenters. The Labute approximate surface area is 108 Å². The van der Waals surface area contributed by atoms with Crippen molar-refractivity contribution >= 4 is 5.97 Å². The average molecular weight is 256 g/mol. The maximum atomic E-state index is 13.6. The predicted molar refractivity (Wildman–Crippen MR) is 69.5 cm³/mol. The Balaban J connectivity index is 0.00000137. The fraction of sp³-hybridized carbons (Fsp3) is 0.500. The highest BCUT2D eigenvalue weighted by Crippen LogP contribution is 2.28. The van der Waals surface area contributed by atoms with Crippen LogP contribution in [-0.2, 0) is 16.0 Å². The van der Waals surface area contributed by atoms with Crippen LogP contribution in [0.15, 0.2) is 6.07 Å². The van der Waals surface area contributed by atoms with E-state index in [-0.39, 0.29) is 18.2 Å². The molecular weight excluding hydrogens is 235 g/mol. The smallest absolute Gasteiger partial charge is 0.310 e. The second-order valence-electron chi connectivity index (χ2n) is 3.58. The minimum Gasteiger partial charge on any atom is -0.496 e. The van der Waals surface area contributed by atoms with Gasteiger partial charge < -0.3 is 9.47 Å². The summed E-state index contributed by atoms with van der Waals surface area (Å²) in [5.41, 5.74) is 1.56. The first-order valence-electron chi connectivity index (χ1n) is 5.90. The number of hydrogen-bond donors (Lipinski definition) is 0. The van der Waals surface area contributed by atoms with Crippen molar-refractivity contribution in [3.8, 4) is 5.75 Å². The maximum absolute atomic E-state index is 13.6. The van der Waals surface area contributed by atoms with E-state index in [4.69, 9.17) is 4.74 Å². The number of hydrogen-bond acceptors (Lipinski definition) is 3. The third-order valence-electron chi connectivity index (χ3n) is 2.47. The van der Waals surface area contributed by atoms with Crippen molar-refractivity contribution in [3.63, 3.8) is 0 Å². The van der Waals surface area contributed by atoms with Crippen LogP contribution < -0.4 is 4.74 Å². The molecule has 0 aliphatic carbocycles. The van der Waals surface area contributed by atoms with Crippen molar-refractivity contribution in [2.45, 2.75) is 34.1 Å². The summed E-state index contributed by atoms with van der Waals surface area (Å²) in [5, 5.41) is 0. The molecule has 0 bridgehead atoms. The number of halogens is 1. The van der Waals surface area contributed by atoms with E-state index in [9.17, 15) is 9.18 Å². The van der Waals surface area contributed by atoms with Crippen molar-refractivity contribution in [1.82, 2.24) is 0 Å². The Morgan fingerprint density at radius 2 is 1.83 bits per heavy atom. The number of carbonyl (C=O) groups is 1. The number of ether oxygens (including phenoxy) is 2. The molecular formula is C14H21FO3. The molecule has 4 heteroatoms. The summed E-state index contributed by atoms with van der Waals surface area (Å²) >= 11 is 0. The molecule has 0 heterocycles. The Bertz CT molecular complexity index is 414. The lowest BCUT2D eigenvalue weighted by atomic mass is 10.0. The normalized spacial score (nSPS) is 9.28. The SMILES string of the molecule is CC.COC(=O)Cc1cc(C)c(F)c(C)c1OC. The van der Waals surface area contributed by atoms with E-state index in [0.717, 1.165) is 0 Å². The van der Waals surface area contributed by atoms with Gasteiger partial charge in [-0.05, 0) is 25.5 Å². The van der Waals surface area contributed by atoms with Crippen LogP contribution in [0.5, 0.6) is 5.75 Å². The van der Waals surface area contributed by atoms with Gasteiger partial charge in [-0.3, -0.25) is 4.79 Å². The molecule has 1 aromatic rings. The number of aryl methyl sites for hydroxylation is 1. The van der Waals surface area contributed by atoms with Crippen molar-refractivity contribution in [2.75, 3.05) is 14.2 Å². The van der Waals surface area contributed by atoms with E-state index >= 15 is 0 Å². The van der Waals surface area contributed by atoms with Gasteiger partial charge in [0, 0.05) is 11.1 Å². The van der Waals surface area contributed by atoms with Crippen molar-refractivity contribution in [2.24, 2.45) is 0 Å². The largest absolute Gasteiger partial charge is 0.496 e. The summed E-state index contributed by atoms with van der Waals surface area (Å²) in [6.45, 7) is 7.28. The van der Waals surface area contributed by atoms with Gasteiger partial charge in [0.15, 0.2) is 0 Å². The number of esters is 1. The molecule has 0 spiro atoms. The third kappa shape index (κ3) is 3.72. The molecule has 0 saturated carbocycles. The molecule has 0 amide bonds. The summed E-state index contributed by atoms with van der Waals surface area (Å²) in [7, 11) is 2.77. The van der Waals surface area contributed by atoms with Crippen molar-refractivity contribution in [3.05, 3.63) is 28.6 Å². The fourth-order valence-electron chi connectivity index (χ4n) is 1.67. The van der Waals surface area contributed by atoms with Gasteiger partial charge in [0.25, 0.3) is 0 Å². The molecule has 0 radical (unpaired) electrons. The van der Waals surface area contributed by atoms with Crippen LogP contribution >= 0.6 is 0 Å². The highest BCUT2D eigenvalue weighted by atomic mass is 19.1. The Hall–Kier alpha value is -1.58. The van der Waals surface area contributed by atoms with Gasteiger partial charge in [-0.15, -0.1) is 0 Å². The zero-order valence-corrected chi connectivity index (χ0v) is 11.9. The first kappa shape index (κ1) is 16.4. The molecule has 0 fully saturated rings. The van der Waals surface area contributed by atoms with Gasteiger partial charge in [-0.25, -0.2) is 4.39 Å². The van der Waals surface area contributed by atoms with E-state index in [1.54, 1.807) is 19.9 Å². The zero-order chi connectivity index (χ0) is 14.3. The minimum absolute atomic E-state index is 0.0850. The van der Waals surface area contributed by atoms with Gasteiger partial charge in [-0.2, -0.15) is 0 Å². The lowest BCUT2D eigenvalue weighted by Crippen LogP contribution is -2.08. The lowest BCUT2D eigenvalue weighted by Gasteiger charge is -2.13. The summed E-state index contributed by atoms with van der Waals surface area (Å²) < 4.78 is 23.3. The molecule has 0 saturated heterocycles. The molecule has 0 atom stereocenters. The van der Waals surface area contributed by atoms with Crippen LogP contribution in [-0.4, -0.2) is 20.2 Å². The van der Waals surface area contributed by atoms with Crippen LogP contribution in [0.1, 0.15) is 30.5 Å². The molecule has 0 aliphatic rings. The molecule has 0 N–H and O–H groups in total. The van der Waals surface area contributed by atoms with E-state index in [0.29, 0.717) is 22.4 Å². The number of benzene rings is 1. The Morgan fingerprint density at radius 3 is 2.28 bits per heavy atom. The standard InChI is InChI=1S/C12H15FO3.C2H6/c1-7-5-9(6-10(14)15-3)12(16-4)8(2)11(7)13;1-2/h5H,6H2,1-4H3;1-2H3. The molecule has 0 aliphatic heterocycles.